The third-order valence-electron chi connectivity index (χ3n) is 4.72. The van der Waals surface area contributed by atoms with Gasteiger partial charge in [-0.2, -0.15) is 9.50 Å². The van der Waals surface area contributed by atoms with Gasteiger partial charge in [-0.25, -0.2) is 4.98 Å². The number of aryl methyl sites for hydroxylation is 1. The molecule has 1 amide bonds. The molecule has 31 heavy (non-hydrogen) atoms. The Morgan fingerprint density at radius 3 is 2.74 bits per heavy atom. The molecule has 0 aliphatic heterocycles. The van der Waals surface area contributed by atoms with Crippen LogP contribution in [-0.2, 0) is 6.42 Å². The summed E-state index contributed by atoms with van der Waals surface area (Å²) in [5, 5.41) is 10.9. The lowest BCUT2D eigenvalue weighted by molar-refractivity contribution is 0.0953. The van der Waals surface area contributed by atoms with Gasteiger partial charge in [0.25, 0.3) is 11.7 Å². The number of anilines is 2. The summed E-state index contributed by atoms with van der Waals surface area (Å²) in [5.41, 5.74) is 3.15. The SMILES string of the molecule is CCCNC(=O)c1cccc(Nc2cc(CCC)nc3nc(-c4cccnc4)nn23)c1. The smallest absolute Gasteiger partial charge is 0.254 e. The first-order chi connectivity index (χ1) is 15.2. The minimum atomic E-state index is -0.0864. The van der Waals surface area contributed by atoms with E-state index in [9.17, 15) is 4.79 Å². The van der Waals surface area contributed by atoms with Gasteiger partial charge in [-0.05, 0) is 43.2 Å². The summed E-state index contributed by atoms with van der Waals surface area (Å²) in [6.45, 7) is 4.79. The predicted molar refractivity (Wildman–Crippen MR) is 120 cm³/mol. The molecule has 4 rings (SSSR count). The Morgan fingerprint density at radius 2 is 1.97 bits per heavy atom. The molecule has 3 aromatic heterocycles. The van der Waals surface area contributed by atoms with Crippen molar-refractivity contribution in [3.8, 4) is 11.4 Å². The van der Waals surface area contributed by atoms with E-state index in [0.717, 1.165) is 42.0 Å². The molecule has 0 bridgehead atoms. The second-order valence-electron chi connectivity index (χ2n) is 7.23. The summed E-state index contributed by atoms with van der Waals surface area (Å²) in [6.07, 6.45) is 6.14. The minimum absolute atomic E-state index is 0.0864. The van der Waals surface area contributed by atoms with E-state index >= 15 is 0 Å². The molecule has 0 saturated carbocycles. The largest absolute Gasteiger partial charge is 0.352 e. The van der Waals surface area contributed by atoms with Crippen molar-refractivity contribution in [2.24, 2.45) is 0 Å². The normalized spacial score (nSPS) is 10.9. The van der Waals surface area contributed by atoms with Gasteiger partial charge in [-0.15, -0.1) is 5.10 Å². The van der Waals surface area contributed by atoms with Crippen LogP contribution in [0.25, 0.3) is 17.2 Å². The molecule has 0 aliphatic rings. The van der Waals surface area contributed by atoms with E-state index in [0.29, 0.717) is 23.7 Å². The molecule has 3 heterocycles. The quantitative estimate of drug-likeness (QED) is 0.451. The van der Waals surface area contributed by atoms with Crippen molar-refractivity contribution in [1.82, 2.24) is 29.9 Å². The molecule has 0 radical (unpaired) electrons. The highest BCUT2D eigenvalue weighted by Gasteiger charge is 2.13. The molecule has 158 valence electrons. The van der Waals surface area contributed by atoms with Crippen molar-refractivity contribution < 1.29 is 4.79 Å². The molecule has 0 saturated heterocycles. The van der Waals surface area contributed by atoms with Gasteiger partial charge in [0.05, 0.1) is 0 Å². The molecule has 0 fully saturated rings. The number of nitrogens with zero attached hydrogens (tertiary/aromatic N) is 5. The number of carbonyl (C=O) groups excluding carboxylic acids is 1. The van der Waals surface area contributed by atoms with Crippen molar-refractivity contribution in [3.63, 3.8) is 0 Å². The van der Waals surface area contributed by atoms with Crippen LogP contribution in [0.4, 0.5) is 11.5 Å². The number of carbonyl (C=O) groups is 1. The molecule has 8 heteroatoms. The average Bonchev–Trinajstić information content (AvgIpc) is 3.23. The van der Waals surface area contributed by atoms with Crippen LogP contribution in [0.3, 0.4) is 0 Å². The summed E-state index contributed by atoms with van der Waals surface area (Å²) in [6, 6.07) is 13.2. The van der Waals surface area contributed by atoms with Crippen LogP contribution in [-0.4, -0.2) is 37.0 Å². The molecule has 8 nitrogen and oxygen atoms in total. The maximum Gasteiger partial charge on any atom is 0.254 e. The Morgan fingerprint density at radius 1 is 1.06 bits per heavy atom. The van der Waals surface area contributed by atoms with E-state index < -0.39 is 0 Å². The number of nitrogens with one attached hydrogen (secondary N) is 2. The van der Waals surface area contributed by atoms with Gasteiger partial charge < -0.3 is 10.6 Å². The first-order valence-corrected chi connectivity index (χ1v) is 10.5. The Labute approximate surface area is 180 Å². The van der Waals surface area contributed by atoms with Crippen molar-refractivity contribution >= 4 is 23.2 Å². The zero-order valence-corrected chi connectivity index (χ0v) is 17.7. The number of hydrogen-bond acceptors (Lipinski definition) is 6. The number of pyridine rings is 1. The third-order valence-corrected chi connectivity index (χ3v) is 4.72. The van der Waals surface area contributed by atoms with Crippen LogP contribution in [0.15, 0.2) is 54.9 Å². The molecule has 0 atom stereocenters. The van der Waals surface area contributed by atoms with Crippen molar-refractivity contribution in [3.05, 3.63) is 66.1 Å². The first kappa shape index (κ1) is 20.5. The van der Waals surface area contributed by atoms with Crippen LogP contribution in [0, 0.1) is 0 Å². The van der Waals surface area contributed by atoms with E-state index in [4.69, 9.17) is 0 Å². The van der Waals surface area contributed by atoms with E-state index in [1.807, 2.05) is 43.3 Å². The van der Waals surface area contributed by atoms with Gasteiger partial charge in [-0.1, -0.05) is 26.3 Å². The lowest BCUT2D eigenvalue weighted by atomic mass is 10.2. The van der Waals surface area contributed by atoms with Crippen LogP contribution < -0.4 is 10.6 Å². The molecular weight excluding hydrogens is 390 g/mol. The fraction of sp³-hybridized carbons (Fsp3) is 0.261. The second kappa shape index (κ2) is 9.34. The maximum absolute atomic E-state index is 12.3. The van der Waals surface area contributed by atoms with Crippen molar-refractivity contribution in [2.75, 3.05) is 11.9 Å². The zero-order valence-electron chi connectivity index (χ0n) is 17.7. The summed E-state index contributed by atoms with van der Waals surface area (Å²) in [5.74, 6) is 1.73. The van der Waals surface area contributed by atoms with Crippen LogP contribution in [0.5, 0.6) is 0 Å². The number of amides is 1. The second-order valence-corrected chi connectivity index (χ2v) is 7.23. The molecular formula is C23H25N7O. The van der Waals surface area contributed by atoms with Gasteiger partial charge in [0, 0.05) is 47.5 Å². The number of aromatic nitrogens is 5. The third kappa shape index (κ3) is 4.69. The van der Waals surface area contributed by atoms with E-state index in [2.05, 4.69) is 37.6 Å². The Kier molecular flexibility index (Phi) is 6.16. The topological polar surface area (TPSA) is 97.1 Å². The Hall–Kier alpha value is -3.81. The Bertz CT molecular complexity index is 1190. The lowest BCUT2D eigenvalue weighted by Gasteiger charge is -2.11. The maximum atomic E-state index is 12.3. The fourth-order valence-corrected chi connectivity index (χ4v) is 3.23. The monoisotopic (exact) mass is 415 g/mol. The molecule has 2 N–H and O–H groups in total. The number of hydrogen-bond donors (Lipinski definition) is 2. The summed E-state index contributed by atoms with van der Waals surface area (Å²) in [7, 11) is 0. The standard InChI is InChI=1S/C23H25N7O/c1-3-7-18-14-20(26-19-10-5-8-16(13-19)22(31)25-11-4-2)30-23(27-18)28-21(29-30)17-9-6-12-24-15-17/h5-6,8-10,12-15,26H,3-4,7,11H2,1-2H3,(H,25,31). The molecule has 0 unspecified atom stereocenters. The van der Waals surface area contributed by atoms with E-state index in [-0.39, 0.29) is 5.91 Å². The van der Waals surface area contributed by atoms with Gasteiger partial charge >= 0.3 is 0 Å². The van der Waals surface area contributed by atoms with Gasteiger partial charge in [0.2, 0.25) is 0 Å². The molecule has 4 aromatic rings. The zero-order chi connectivity index (χ0) is 21.6. The number of benzene rings is 1. The van der Waals surface area contributed by atoms with Crippen molar-refractivity contribution in [1.29, 1.82) is 0 Å². The van der Waals surface area contributed by atoms with Crippen LogP contribution in [0.2, 0.25) is 0 Å². The molecule has 1 aromatic carbocycles. The predicted octanol–water partition coefficient (Wildman–Crippen LogP) is 4.02. The molecule has 0 spiro atoms. The lowest BCUT2D eigenvalue weighted by Crippen LogP contribution is -2.23. The highest BCUT2D eigenvalue weighted by molar-refractivity contribution is 5.95. The number of fused-ring (bicyclic) bond motifs is 1. The summed E-state index contributed by atoms with van der Waals surface area (Å²) < 4.78 is 1.69. The summed E-state index contributed by atoms with van der Waals surface area (Å²) >= 11 is 0. The minimum Gasteiger partial charge on any atom is -0.352 e. The fourth-order valence-electron chi connectivity index (χ4n) is 3.23. The van der Waals surface area contributed by atoms with Crippen LogP contribution >= 0.6 is 0 Å². The highest BCUT2D eigenvalue weighted by Crippen LogP contribution is 2.22. The molecule has 0 aliphatic carbocycles. The van der Waals surface area contributed by atoms with Gasteiger partial charge in [0.15, 0.2) is 5.82 Å². The summed E-state index contributed by atoms with van der Waals surface area (Å²) in [4.78, 5) is 25.8. The highest BCUT2D eigenvalue weighted by atomic mass is 16.1. The Balaban J connectivity index is 1.71. The van der Waals surface area contributed by atoms with E-state index in [1.165, 1.54) is 0 Å². The van der Waals surface area contributed by atoms with Crippen LogP contribution in [0.1, 0.15) is 42.7 Å². The number of rotatable bonds is 8. The average molecular weight is 416 g/mol. The first-order valence-electron chi connectivity index (χ1n) is 10.5. The van der Waals surface area contributed by atoms with Gasteiger partial charge in [0.1, 0.15) is 5.82 Å². The van der Waals surface area contributed by atoms with Crippen molar-refractivity contribution in [2.45, 2.75) is 33.1 Å². The van der Waals surface area contributed by atoms with Gasteiger partial charge in [-0.3, -0.25) is 9.78 Å². The van der Waals surface area contributed by atoms with E-state index in [1.54, 1.807) is 23.0 Å².